The number of halogens is 1. The zero-order valence-corrected chi connectivity index (χ0v) is 12.9. The second-order valence-corrected chi connectivity index (χ2v) is 5.03. The monoisotopic (exact) mass is 309 g/mol. The van der Waals surface area contributed by atoms with Crippen LogP contribution in [0.15, 0.2) is 22.6 Å². The second-order valence-electron chi connectivity index (χ2n) is 4.59. The summed E-state index contributed by atoms with van der Waals surface area (Å²) in [5, 5.41) is 1.37. The number of aryl methyl sites for hydroxylation is 1. The number of carbonyl (C=O) groups is 2. The van der Waals surface area contributed by atoms with Crippen LogP contribution >= 0.6 is 11.6 Å². The van der Waals surface area contributed by atoms with E-state index in [4.69, 9.17) is 16.0 Å². The fourth-order valence-corrected chi connectivity index (χ4v) is 2.26. The first kappa shape index (κ1) is 15.4. The minimum absolute atomic E-state index is 0.108. The average Bonchev–Trinajstić information content (AvgIpc) is 2.80. The van der Waals surface area contributed by atoms with Gasteiger partial charge in [0.25, 0.3) is 5.91 Å². The van der Waals surface area contributed by atoms with Crippen molar-refractivity contribution < 1.29 is 18.7 Å². The molecule has 0 N–H and O–H groups in total. The summed E-state index contributed by atoms with van der Waals surface area (Å²) in [7, 11) is 1.29. The van der Waals surface area contributed by atoms with Crippen LogP contribution in [0.1, 0.15) is 23.0 Å². The highest BCUT2D eigenvalue weighted by Crippen LogP contribution is 2.28. The van der Waals surface area contributed by atoms with E-state index in [9.17, 15) is 9.59 Å². The van der Waals surface area contributed by atoms with Crippen LogP contribution in [0.25, 0.3) is 11.0 Å². The standard InChI is InChI=1S/C15H16ClNO4/c1-4-17(8-13(18)20-3)15(19)14-9(2)11-7-10(16)5-6-12(11)21-14/h5-7H,4,8H2,1-3H3. The smallest absolute Gasteiger partial charge is 0.325 e. The van der Waals surface area contributed by atoms with Gasteiger partial charge in [0.2, 0.25) is 0 Å². The third-order valence-electron chi connectivity index (χ3n) is 3.31. The Morgan fingerprint density at radius 2 is 2.10 bits per heavy atom. The molecule has 0 aliphatic carbocycles. The molecule has 0 spiro atoms. The van der Waals surface area contributed by atoms with Crippen molar-refractivity contribution in [3.63, 3.8) is 0 Å². The number of rotatable bonds is 4. The lowest BCUT2D eigenvalue weighted by Crippen LogP contribution is -2.36. The molecule has 0 aliphatic heterocycles. The molecule has 21 heavy (non-hydrogen) atoms. The van der Waals surface area contributed by atoms with E-state index in [1.165, 1.54) is 12.0 Å². The van der Waals surface area contributed by atoms with Gasteiger partial charge in [-0.2, -0.15) is 0 Å². The Labute approximate surface area is 127 Å². The van der Waals surface area contributed by atoms with Crippen molar-refractivity contribution in [1.29, 1.82) is 0 Å². The number of furan rings is 1. The van der Waals surface area contributed by atoms with Crippen molar-refractivity contribution in [2.45, 2.75) is 13.8 Å². The van der Waals surface area contributed by atoms with E-state index in [0.29, 0.717) is 22.7 Å². The Hall–Kier alpha value is -2.01. The number of hydrogen-bond acceptors (Lipinski definition) is 4. The molecule has 1 heterocycles. The number of fused-ring (bicyclic) bond motifs is 1. The first-order valence-corrected chi connectivity index (χ1v) is 6.90. The van der Waals surface area contributed by atoms with Gasteiger partial charge in [0.05, 0.1) is 7.11 Å². The minimum atomic E-state index is -0.470. The molecule has 0 saturated carbocycles. The third kappa shape index (κ3) is 3.03. The maximum atomic E-state index is 12.5. The second kappa shape index (κ2) is 6.18. The van der Waals surface area contributed by atoms with Crippen LogP contribution in [0.4, 0.5) is 0 Å². The first-order chi connectivity index (χ1) is 9.97. The summed E-state index contributed by atoms with van der Waals surface area (Å²) in [6, 6.07) is 5.17. The maximum absolute atomic E-state index is 12.5. The van der Waals surface area contributed by atoms with Gasteiger partial charge in [-0.3, -0.25) is 9.59 Å². The van der Waals surface area contributed by atoms with E-state index >= 15 is 0 Å². The lowest BCUT2D eigenvalue weighted by atomic mass is 10.1. The Kier molecular flexibility index (Phi) is 4.53. The molecule has 5 nitrogen and oxygen atoms in total. The van der Waals surface area contributed by atoms with Gasteiger partial charge in [0.1, 0.15) is 12.1 Å². The van der Waals surface area contributed by atoms with Crippen molar-refractivity contribution in [2.75, 3.05) is 20.2 Å². The van der Waals surface area contributed by atoms with Gasteiger partial charge >= 0.3 is 5.97 Å². The van der Waals surface area contributed by atoms with Gasteiger partial charge in [-0.05, 0) is 32.0 Å². The highest BCUT2D eigenvalue weighted by Gasteiger charge is 2.24. The molecular formula is C15H16ClNO4. The summed E-state index contributed by atoms with van der Waals surface area (Å²) in [6.45, 7) is 3.85. The number of likely N-dealkylation sites (N-methyl/N-ethyl adjacent to an activating group) is 1. The third-order valence-corrected chi connectivity index (χ3v) is 3.54. The number of hydrogen-bond donors (Lipinski definition) is 0. The normalized spacial score (nSPS) is 10.7. The Bertz CT molecular complexity index is 692. The summed E-state index contributed by atoms with van der Waals surface area (Å²) in [5.74, 6) is -0.590. The quantitative estimate of drug-likeness (QED) is 0.815. The molecule has 6 heteroatoms. The number of carbonyl (C=O) groups excluding carboxylic acids is 2. The molecule has 0 atom stereocenters. The molecule has 1 aromatic carbocycles. The van der Waals surface area contributed by atoms with Gasteiger partial charge < -0.3 is 14.1 Å². The minimum Gasteiger partial charge on any atom is -0.468 e. The Morgan fingerprint density at radius 3 is 2.71 bits per heavy atom. The Morgan fingerprint density at radius 1 is 1.38 bits per heavy atom. The van der Waals surface area contributed by atoms with E-state index in [1.807, 2.05) is 0 Å². The molecule has 0 saturated heterocycles. The van der Waals surface area contributed by atoms with Gasteiger partial charge in [-0.25, -0.2) is 0 Å². The molecule has 2 rings (SSSR count). The van der Waals surface area contributed by atoms with E-state index in [2.05, 4.69) is 4.74 Å². The highest BCUT2D eigenvalue weighted by molar-refractivity contribution is 6.31. The zero-order chi connectivity index (χ0) is 15.6. The molecular weight excluding hydrogens is 294 g/mol. The molecule has 112 valence electrons. The van der Waals surface area contributed by atoms with Crippen molar-refractivity contribution in [3.05, 3.63) is 34.5 Å². The lowest BCUT2D eigenvalue weighted by molar-refractivity contribution is -0.141. The zero-order valence-electron chi connectivity index (χ0n) is 12.1. The fraction of sp³-hybridized carbons (Fsp3) is 0.333. The summed E-state index contributed by atoms with van der Waals surface area (Å²) >= 11 is 5.96. The average molecular weight is 310 g/mol. The summed E-state index contributed by atoms with van der Waals surface area (Å²) < 4.78 is 10.2. The number of benzene rings is 1. The number of ether oxygens (including phenoxy) is 1. The molecule has 2 aromatic rings. The fourth-order valence-electron chi connectivity index (χ4n) is 2.09. The van der Waals surface area contributed by atoms with Gasteiger partial charge in [0, 0.05) is 22.5 Å². The topological polar surface area (TPSA) is 59.8 Å². The SMILES string of the molecule is CCN(CC(=O)OC)C(=O)c1oc2ccc(Cl)cc2c1C. The predicted octanol–water partition coefficient (Wildman–Crippen LogP) is 3.03. The first-order valence-electron chi connectivity index (χ1n) is 6.52. The van der Waals surface area contributed by atoms with E-state index in [1.54, 1.807) is 32.0 Å². The largest absolute Gasteiger partial charge is 0.468 e. The molecule has 0 bridgehead atoms. The molecule has 0 aliphatic rings. The van der Waals surface area contributed by atoms with Crippen molar-refractivity contribution >= 4 is 34.4 Å². The van der Waals surface area contributed by atoms with Crippen LogP contribution in [0.2, 0.25) is 5.02 Å². The van der Waals surface area contributed by atoms with Crippen LogP contribution in [0.3, 0.4) is 0 Å². The Balaban J connectivity index is 2.38. The lowest BCUT2D eigenvalue weighted by Gasteiger charge is -2.18. The van der Waals surface area contributed by atoms with Crippen LogP contribution in [-0.2, 0) is 9.53 Å². The number of methoxy groups -OCH3 is 1. The van der Waals surface area contributed by atoms with Crippen LogP contribution in [0, 0.1) is 6.92 Å². The van der Waals surface area contributed by atoms with Crippen LogP contribution < -0.4 is 0 Å². The van der Waals surface area contributed by atoms with Crippen molar-refractivity contribution in [1.82, 2.24) is 4.90 Å². The van der Waals surface area contributed by atoms with E-state index in [-0.39, 0.29) is 18.2 Å². The van der Waals surface area contributed by atoms with Crippen molar-refractivity contribution in [2.24, 2.45) is 0 Å². The number of amides is 1. The van der Waals surface area contributed by atoms with Gasteiger partial charge in [-0.1, -0.05) is 11.6 Å². The number of nitrogens with zero attached hydrogens (tertiary/aromatic N) is 1. The molecule has 0 radical (unpaired) electrons. The van der Waals surface area contributed by atoms with E-state index < -0.39 is 5.97 Å². The summed E-state index contributed by atoms with van der Waals surface area (Å²) in [4.78, 5) is 25.2. The number of esters is 1. The molecule has 1 aromatic heterocycles. The van der Waals surface area contributed by atoms with Gasteiger partial charge in [0.15, 0.2) is 5.76 Å². The van der Waals surface area contributed by atoms with E-state index in [0.717, 1.165) is 5.39 Å². The van der Waals surface area contributed by atoms with Crippen LogP contribution in [-0.4, -0.2) is 37.0 Å². The molecule has 1 amide bonds. The molecule has 0 fully saturated rings. The maximum Gasteiger partial charge on any atom is 0.325 e. The molecule has 0 unspecified atom stereocenters. The predicted molar refractivity (Wildman–Crippen MR) is 79.6 cm³/mol. The summed E-state index contributed by atoms with van der Waals surface area (Å²) in [6.07, 6.45) is 0. The van der Waals surface area contributed by atoms with Crippen molar-refractivity contribution in [3.8, 4) is 0 Å². The van der Waals surface area contributed by atoms with Crippen LogP contribution in [0.5, 0.6) is 0 Å². The summed E-state index contributed by atoms with van der Waals surface area (Å²) in [5.41, 5.74) is 1.30. The highest BCUT2D eigenvalue weighted by atomic mass is 35.5. The van der Waals surface area contributed by atoms with Gasteiger partial charge in [-0.15, -0.1) is 0 Å².